The van der Waals surface area contributed by atoms with Gasteiger partial charge in [-0.2, -0.15) is 0 Å². The molecule has 1 aromatic carbocycles. The number of hydrogen-bond acceptors (Lipinski definition) is 4. The van der Waals surface area contributed by atoms with Gasteiger partial charge in [0.1, 0.15) is 5.75 Å². The molecular weight excluding hydrogens is 340 g/mol. The molecule has 3 rings (SSSR count). The summed E-state index contributed by atoms with van der Waals surface area (Å²) in [5.41, 5.74) is 1.78. The number of amides is 2. The molecule has 0 spiro atoms. The van der Waals surface area contributed by atoms with Crippen LogP contribution < -0.4 is 15.0 Å². The lowest BCUT2D eigenvalue weighted by atomic mass is 10.1. The number of piperazine rings is 1. The molecule has 0 saturated carbocycles. The van der Waals surface area contributed by atoms with Gasteiger partial charge in [0.05, 0.1) is 12.1 Å². The topological polar surface area (TPSA) is 57.7 Å². The van der Waals surface area contributed by atoms with Gasteiger partial charge in [-0.05, 0) is 37.3 Å². The average Bonchev–Trinajstić information content (AvgIpc) is 2.62. The number of carbonyl (C=O) groups is 1. The monoisotopic (exact) mass is 360 g/mol. The summed E-state index contributed by atoms with van der Waals surface area (Å²) in [7, 11) is 1.56. The number of hydrogen-bond donors (Lipinski definition) is 1. The summed E-state index contributed by atoms with van der Waals surface area (Å²) in [5.74, 6) is 0.583. The number of methoxy groups -OCH3 is 1. The third-order valence-electron chi connectivity index (χ3n) is 4.31. The maximum atomic E-state index is 12.5. The molecule has 1 saturated heterocycles. The molecule has 1 N–H and O–H groups in total. The molecule has 0 bridgehead atoms. The van der Waals surface area contributed by atoms with Crippen LogP contribution in [0.3, 0.4) is 0 Å². The number of urea groups is 1. The fraction of sp³-hybridized carbons (Fsp3) is 0.333. The quantitative estimate of drug-likeness (QED) is 0.910. The number of ether oxygens (including phenoxy) is 1. The number of nitrogens with one attached hydrogen (secondary N) is 1. The number of carbonyl (C=O) groups excluding carboxylic acids is 1. The SMILES string of the molecule is COc1ccc(NC(=O)N2CCN(c3ccncc3)C(C)C2)cc1Cl. The van der Waals surface area contributed by atoms with Crippen LogP contribution in [-0.4, -0.2) is 48.7 Å². The second-order valence-corrected chi connectivity index (χ2v) is 6.38. The Kier molecular flexibility index (Phi) is 5.28. The smallest absolute Gasteiger partial charge is 0.321 e. The van der Waals surface area contributed by atoms with E-state index in [1.165, 1.54) is 0 Å². The molecular formula is C18H21ClN4O2. The van der Waals surface area contributed by atoms with Gasteiger partial charge >= 0.3 is 6.03 Å². The minimum absolute atomic E-state index is 0.123. The number of aromatic nitrogens is 1. The van der Waals surface area contributed by atoms with Crippen LogP contribution in [0, 0.1) is 0 Å². The molecule has 1 atom stereocenters. The zero-order valence-electron chi connectivity index (χ0n) is 14.3. The molecule has 0 radical (unpaired) electrons. The van der Waals surface area contributed by atoms with Crippen molar-refractivity contribution in [1.82, 2.24) is 9.88 Å². The third kappa shape index (κ3) is 3.96. The molecule has 2 aromatic rings. The Labute approximate surface area is 152 Å². The van der Waals surface area contributed by atoms with E-state index in [9.17, 15) is 4.79 Å². The van der Waals surface area contributed by atoms with Crippen LogP contribution in [0.4, 0.5) is 16.2 Å². The van der Waals surface area contributed by atoms with E-state index in [-0.39, 0.29) is 12.1 Å². The molecule has 1 aliphatic heterocycles. The van der Waals surface area contributed by atoms with Crippen molar-refractivity contribution in [2.45, 2.75) is 13.0 Å². The van der Waals surface area contributed by atoms with Crippen molar-refractivity contribution in [2.24, 2.45) is 0 Å². The zero-order chi connectivity index (χ0) is 17.8. The Hall–Kier alpha value is -2.47. The molecule has 7 heteroatoms. The van der Waals surface area contributed by atoms with Crippen molar-refractivity contribution >= 4 is 29.0 Å². The van der Waals surface area contributed by atoms with Gasteiger partial charge in [0.25, 0.3) is 0 Å². The Morgan fingerprint density at radius 3 is 2.68 bits per heavy atom. The van der Waals surface area contributed by atoms with E-state index < -0.39 is 0 Å². The molecule has 2 heterocycles. The molecule has 1 fully saturated rings. The lowest BCUT2D eigenvalue weighted by Gasteiger charge is -2.41. The third-order valence-corrected chi connectivity index (χ3v) is 4.61. The van der Waals surface area contributed by atoms with Gasteiger partial charge < -0.3 is 19.9 Å². The van der Waals surface area contributed by atoms with Crippen molar-refractivity contribution in [1.29, 1.82) is 0 Å². The lowest BCUT2D eigenvalue weighted by Crippen LogP contribution is -2.54. The first-order valence-corrected chi connectivity index (χ1v) is 8.52. The van der Waals surface area contributed by atoms with Gasteiger partial charge in [-0.15, -0.1) is 0 Å². The van der Waals surface area contributed by atoms with E-state index >= 15 is 0 Å². The first-order chi connectivity index (χ1) is 12.1. The number of benzene rings is 1. The molecule has 1 aliphatic rings. The van der Waals surface area contributed by atoms with Crippen molar-refractivity contribution in [3.63, 3.8) is 0 Å². The first kappa shape index (κ1) is 17.4. The summed E-state index contributed by atoms with van der Waals surface area (Å²) < 4.78 is 5.12. The molecule has 25 heavy (non-hydrogen) atoms. The zero-order valence-corrected chi connectivity index (χ0v) is 15.0. The number of anilines is 2. The highest BCUT2D eigenvalue weighted by Gasteiger charge is 2.27. The minimum atomic E-state index is -0.123. The summed E-state index contributed by atoms with van der Waals surface area (Å²) in [6, 6.07) is 9.29. The lowest BCUT2D eigenvalue weighted by molar-refractivity contribution is 0.200. The average molecular weight is 361 g/mol. The number of pyridine rings is 1. The predicted molar refractivity (Wildman–Crippen MR) is 99.6 cm³/mol. The van der Waals surface area contributed by atoms with E-state index in [0.717, 1.165) is 12.2 Å². The molecule has 0 aliphatic carbocycles. The molecule has 2 amide bonds. The summed E-state index contributed by atoms with van der Waals surface area (Å²) >= 11 is 6.11. The fourth-order valence-corrected chi connectivity index (χ4v) is 3.27. The van der Waals surface area contributed by atoms with Gasteiger partial charge in [0.15, 0.2) is 0 Å². The molecule has 6 nitrogen and oxygen atoms in total. The maximum absolute atomic E-state index is 12.5. The van der Waals surface area contributed by atoms with Crippen molar-refractivity contribution < 1.29 is 9.53 Å². The van der Waals surface area contributed by atoms with Gasteiger partial charge in [0.2, 0.25) is 0 Å². The van der Waals surface area contributed by atoms with Crippen LogP contribution in [0.5, 0.6) is 5.75 Å². The highest BCUT2D eigenvalue weighted by atomic mass is 35.5. The summed E-state index contributed by atoms with van der Waals surface area (Å²) in [6.07, 6.45) is 3.57. The second-order valence-electron chi connectivity index (χ2n) is 5.97. The summed E-state index contributed by atoms with van der Waals surface area (Å²) in [6.45, 7) is 4.20. The Balaban J connectivity index is 1.62. The van der Waals surface area contributed by atoms with Gasteiger partial charge in [0, 0.05) is 49.4 Å². The summed E-state index contributed by atoms with van der Waals surface area (Å²) in [4.78, 5) is 20.7. The van der Waals surface area contributed by atoms with Crippen LogP contribution in [-0.2, 0) is 0 Å². The number of halogens is 1. The molecule has 1 aromatic heterocycles. The van der Waals surface area contributed by atoms with Crippen LogP contribution >= 0.6 is 11.6 Å². The number of nitrogens with zero attached hydrogens (tertiary/aromatic N) is 3. The minimum Gasteiger partial charge on any atom is -0.495 e. The van der Waals surface area contributed by atoms with Crippen LogP contribution in [0.25, 0.3) is 0 Å². The van der Waals surface area contributed by atoms with E-state index in [4.69, 9.17) is 16.3 Å². The predicted octanol–water partition coefficient (Wildman–Crippen LogP) is 3.49. The van der Waals surface area contributed by atoms with E-state index in [2.05, 4.69) is 22.1 Å². The fourth-order valence-electron chi connectivity index (χ4n) is 3.01. The van der Waals surface area contributed by atoms with E-state index in [0.29, 0.717) is 29.5 Å². The van der Waals surface area contributed by atoms with Crippen molar-refractivity contribution in [2.75, 3.05) is 37.0 Å². The van der Waals surface area contributed by atoms with Crippen molar-refractivity contribution in [3.8, 4) is 5.75 Å². The Bertz CT molecular complexity index is 741. The first-order valence-electron chi connectivity index (χ1n) is 8.14. The second kappa shape index (κ2) is 7.61. The summed E-state index contributed by atoms with van der Waals surface area (Å²) in [5, 5.41) is 3.37. The van der Waals surface area contributed by atoms with Crippen LogP contribution in [0.2, 0.25) is 5.02 Å². The maximum Gasteiger partial charge on any atom is 0.321 e. The largest absolute Gasteiger partial charge is 0.495 e. The number of rotatable bonds is 3. The van der Waals surface area contributed by atoms with Crippen LogP contribution in [0.15, 0.2) is 42.7 Å². The Morgan fingerprint density at radius 2 is 2.04 bits per heavy atom. The van der Waals surface area contributed by atoms with Gasteiger partial charge in [-0.3, -0.25) is 4.98 Å². The van der Waals surface area contributed by atoms with Crippen molar-refractivity contribution in [3.05, 3.63) is 47.7 Å². The van der Waals surface area contributed by atoms with Gasteiger partial charge in [-0.25, -0.2) is 4.79 Å². The standard InChI is InChI=1S/C18H21ClN4O2/c1-13-12-22(9-10-23(13)15-5-7-20-8-6-15)18(24)21-14-3-4-17(25-2)16(19)11-14/h3-8,11,13H,9-10,12H2,1-2H3,(H,21,24). The van der Waals surface area contributed by atoms with E-state index in [1.54, 1.807) is 37.7 Å². The highest BCUT2D eigenvalue weighted by Crippen LogP contribution is 2.27. The molecule has 132 valence electrons. The highest BCUT2D eigenvalue weighted by molar-refractivity contribution is 6.32. The Morgan fingerprint density at radius 1 is 1.28 bits per heavy atom. The van der Waals surface area contributed by atoms with Gasteiger partial charge in [-0.1, -0.05) is 11.6 Å². The molecule has 1 unspecified atom stereocenters. The van der Waals surface area contributed by atoms with E-state index in [1.807, 2.05) is 17.0 Å². The van der Waals surface area contributed by atoms with Crippen LogP contribution in [0.1, 0.15) is 6.92 Å². The normalized spacial score (nSPS) is 17.3.